The quantitative estimate of drug-likeness (QED) is 0.462. The van der Waals surface area contributed by atoms with Gasteiger partial charge in [-0.25, -0.2) is 9.29 Å². The first-order valence-electron chi connectivity index (χ1n) is 11.8. The van der Waals surface area contributed by atoms with Crippen LogP contribution in [-0.4, -0.2) is 73.0 Å². The number of imidazole rings is 1. The highest BCUT2D eigenvalue weighted by Gasteiger charge is 2.45. The molecule has 1 aromatic heterocycles. The van der Waals surface area contributed by atoms with Crippen LogP contribution in [0.15, 0.2) is 60.5 Å². The molecule has 1 aliphatic carbocycles. The number of ether oxygens (including phenoxy) is 3. The van der Waals surface area contributed by atoms with Crippen molar-refractivity contribution in [3.63, 3.8) is 0 Å². The molecule has 3 atom stereocenters. The number of halogens is 2. The molecule has 0 spiro atoms. The highest BCUT2D eigenvalue weighted by molar-refractivity contribution is 7.76. The van der Waals surface area contributed by atoms with Crippen molar-refractivity contribution in [3.8, 4) is 0 Å². The topological polar surface area (TPSA) is 92.1 Å². The molecule has 2 aliphatic heterocycles. The van der Waals surface area contributed by atoms with Gasteiger partial charge in [0.25, 0.3) is 0 Å². The lowest BCUT2D eigenvalue weighted by Crippen LogP contribution is -2.46. The summed E-state index contributed by atoms with van der Waals surface area (Å²) in [5.74, 6) is -0.196. The number of benzene rings is 1. The van der Waals surface area contributed by atoms with Gasteiger partial charge in [-0.1, -0.05) is 29.3 Å². The largest absolute Gasteiger partial charge is 0.760 e. The second kappa shape index (κ2) is 11.2. The Hall–Kier alpha value is -1.92. The molecule has 0 bridgehead atoms. The summed E-state index contributed by atoms with van der Waals surface area (Å²) >= 11 is 10.5. The third-order valence-corrected chi connectivity index (χ3v) is 7.88. The zero-order valence-electron chi connectivity index (χ0n) is 19.6. The molecule has 3 unspecified atom stereocenters. The van der Waals surface area contributed by atoms with E-state index in [0.717, 1.165) is 18.6 Å². The Morgan fingerprint density at radius 2 is 2.03 bits per heavy atom. The predicted octanol–water partition coefficient (Wildman–Crippen LogP) is 3.45. The van der Waals surface area contributed by atoms with Gasteiger partial charge in [0, 0.05) is 72.5 Å². The normalized spacial score (nSPS) is 26.0. The summed E-state index contributed by atoms with van der Waals surface area (Å²) < 4.78 is 44.4. The predicted molar refractivity (Wildman–Crippen MR) is 135 cm³/mol. The van der Waals surface area contributed by atoms with Gasteiger partial charge in [-0.2, -0.15) is 0 Å². The fraction of sp³-hybridized carbons (Fsp3) is 0.458. The highest BCUT2D eigenvalue weighted by Crippen LogP contribution is 2.40. The Bertz CT molecular complexity index is 1150. The summed E-state index contributed by atoms with van der Waals surface area (Å²) in [5.41, 5.74) is 1.91. The molecule has 12 heteroatoms. The molecule has 3 heterocycles. The summed E-state index contributed by atoms with van der Waals surface area (Å²) in [6, 6.07) is 5.28. The fourth-order valence-corrected chi connectivity index (χ4v) is 5.70. The molecule has 9 nitrogen and oxygen atoms in total. The lowest BCUT2D eigenvalue weighted by molar-refractivity contribution is -0.190. The zero-order valence-corrected chi connectivity index (χ0v) is 21.9. The molecule has 0 radical (unpaired) electrons. The fourth-order valence-electron chi connectivity index (χ4n) is 4.69. The molecule has 0 N–H and O–H groups in total. The molecular formula is C24H27Cl2N4O5S-. The number of hydrogen-bond acceptors (Lipinski definition) is 7. The molecule has 2 fully saturated rings. The molecule has 2 aromatic rings. The van der Waals surface area contributed by atoms with E-state index in [1.165, 1.54) is 10.0 Å². The van der Waals surface area contributed by atoms with Gasteiger partial charge in [0.2, 0.25) is 5.79 Å². The summed E-state index contributed by atoms with van der Waals surface area (Å²) in [5, 5.41) is 1.01. The number of rotatable bonds is 8. The van der Waals surface area contributed by atoms with Crippen molar-refractivity contribution >= 4 is 34.5 Å². The van der Waals surface area contributed by atoms with Crippen LogP contribution in [0.2, 0.25) is 10.0 Å². The summed E-state index contributed by atoms with van der Waals surface area (Å²) in [6.07, 6.45) is 10.6. The van der Waals surface area contributed by atoms with Crippen LogP contribution < -0.4 is 0 Å². The second-order valence-electron chi connectivity index (χ2n) is 8.90. The van der Waals surface area contributed by atoms with Crippen LogP contribution in [0.1, 0.15) is 18.4 Å². The van der Waals surface area contributed by atoms with Crippen LogP contribution in [0, 0.1) is 0 Å². The summed E-state index contributed by atoms with van der Waals surface area (Å²) in [4.78, 5) is 6.36. The third kappa shape index (κ3) is 5.80. The second-order valence-corrected chi connectivity index (χ2v) is 10.7. The Labute approximate surface area is 222 Å². The minimum Gasteiger partial charge on any atom is -0.760 e. The van der Waals surface area contributed by atoms with Gasteiger partial charge in [-0.05, 0) is 30.7 Å². The van der Waals surface area contributed by atoms with E-state index >= 15 is 0 Å². The average molecular weight is 554 g/mol. The number of allylic oxidation sites excluding steroid dienone is 4. The van der Waals surface area contributed by atoms with Gasteiger partial charge < -0.3 is 28.2 Å². The van der Waals surface area contributed by atoms with E-state index in [9.17, 15) is 8.76 Å². The van der Waals surface area contributed by atoms with Gasteiger partial charge in [0.1, 0.15) is 12.7 Å². The van der Waals surface area contributed by atoms with E-state index in [-0.39, 0.29) is 6.10 Å². The maximum atomic E-state index is 11.1. The van der Waals surface area contributed by atoms with E-state index in [1.54, 1.807) is 24.7 Å². The van der Waals surface area contributed by atoms with Gasteiger partial charge in [-0.15, -0.1) is 0 Å². The Balaban J connectivity index is 1.21. The molecule has 194 valence electrons. The Kier molecular flexibility index (Phi) is 8.02. The highest BCUT2D eigenvalue weighted by atomic mass is 35.5. The van der Waals surface area contributed by atoms with E-state index in [1.807, 2.05) is 22.9 Å². The maximum Gasteiger partial charge on any atom is 0.215 e. The van der Waals surface area contributed by atoms with Crippen molar-refractivity contribution in [2.45, 2.75) is 31.3 Å². The first kappa shape index (κ1) is 25.7. The molecule has 0 saturated carbocycles. The zero-order chi connectivity index (χ0) is 25.1. The van der Waals surface area contributed by atoms with Crippen LogP contribution in [0.25, 0.3) is 0 Å². The SMILES string of the molecule is O=S([O-])N1CCN(C2=CC=C(OCC3COC(Cn4ccnc4)(c4ccc(Cl)cc4Cl)O3)CC2)CC1. The maximum absolute atomic E-state index is 11.1. The van der Waals surface area contributed by atoms with Crippen molar-refractivity contribution < 1.29 is 23.0 Å². The van der Waals surface area contributed by atoms with Crippen molar-refractivity contribution in [2.75, 3.05) is 39.4 Å². The van der Waals surface area contributed by atoms with Crippen LogP contribution in [0.4, 0.5) is 0 Å². The average Bonchev–Trinajstić information content (AvgIpc) is 3.54. The van der Waals surface area contributed by atoms with Crippen LogP contribution >= 0.6 is 23.2 Å². The van der Waals surface area contributed by atoms with E-state index in [0.29, 0.717) is 61.5 Å². The number of piperazine rings is 1. The standard InChI is InChI=1S/C24H28Cl2N4O5S/c25-18-1-6-22(23(26)13-18)24(16-28-8-7-27-17-28)34-15-21(35-24)14-33-20-4-2-19(3-5-20)29-9-11-30(12-10-29)36(31)32/h1-2,4,6-8,13,17,21H,3,5,9-12,14-16H2,(H,31,32)/p-1. The molecule has 2 saturated heterocycles. The lowest BCUT2D eigenvalue weighted by Gasteiger charge is -2.38. The summed E-state index contributed by atoms with van der Waals surface area (Å²) in [6.45, 7) is 3.50. The third-order valence-electron chi connectivity index (χ3n) is 6.55. The van der Waals surface area contributed by atoms with E-state index < -0.39 is 17.1 Å². The smallest absolute Gasteiger partial charge is 0.215 e. The van der Waals surface area contributed by atoms with E-state index in [4.69, 9.17) is 37.4 Å². The molecule has 36 heavy (non-hydrogen) atoms. The lowest BCUT2D eigenvalue weighted by atomic mass is 10.1. The minimum atomic E-state index is -2.15. The molecule has 1 aromatic carbocycles. The number of hydrogen-bond donors (Lipinski definition) is 0. The molecule has 5 rings (SSSR count). The molecule has 3 aliphatic rings. The minimum absolute atomic E-state index is 0.285. The van der Waals surface area contributed by atoms with Crippen molar-refractivity contribution in [1.29, 1.82) is 0 Å². The van der Waals surface area contributed by atoms with Crippen LogP contribution in [-0.2, 0) is 37.8 Å². The van der Waals surface area contributed by atoms with Crippen molar-refractivity contribution in [2.24, 2.45) is 0 Å². The Morgan fingerprint density at radius 3 is 2.69 bits per heavy atom. The number of aromatic nitrogens is 2. The first-order chi connectivity index (χ1) is 17.4. The van der Waals surface area contributed by atoms with Gasteiger partial charge in [0.15, 0.2) is 0 Å². The van der Waals surface area contributed by atoms with Crippen LogP contribution in [0.3, 0.4) is 0 Å². The van der Waals surface area contributed by atoms with Crippen LogP contribution in [0.5, 0.6) is 0 Å². The first-order valence-corrected chi connectivity index (χ1v) is 13.6. The molecular weight excluding hydrogens is 527 g/mol. The van der Waals surface area contributed by atoms with Gasteiger partial charge >= 0.3 is 0 Å². The molecule has 0 amide bonds. The monoisotopic (exact) mass is 553 g/mol. The Morgan fingerprint density at radius 1 is 1.19 bits per heavy atom. The van der Waals surface area contributed by atoms with Gasteiger partial charge in [0.05, 0.1) is 30.3 Å². The van der Waals surface area contributed by atoms with Crippen molar-refractivity contribution in [3.05, 3.63) is 76.1 Å². The van der Waals surface area contributed by atoms with Crippen molar-refractivity contribution in [1.82, 2.24) is 18.8 Å². The number of nitrogens with zero attached hydrogens (tertiary/aromatic N) is 4. The van der Waals surface area contributed by atoms with E-state index in [2.05, 4.69) is 16.0 Å². The van der Waals surface area contributed by atoms with Gasteiger partial charge in [-0.3, -0.25) is 4.21 Å². The summed E-state index contributed by atoms with van der Waals surface area (Å²) in [7, 11) is 0.